The summed E-state index contributed by atoms with van der Waals surface area (Å²) in [5, 5.41) is 12.7. The van der Waals surface area contributed by atoms with E-state index < -0.39 is 23.8 Å². The summed E-state index contributed by atoms with van der Waals surface area (Å²) in [6, 6.07) is 4.71. The Morgan fingerprint density at radius 2 is 1.97 bits per heavy atom. The van der Waals surface area contributed by atoms with E-state index in [-0.39, 0.29) is 30.1 Å². The number of carbonyl (C=O) groups is 2. The van der Waals surface area contributed by atoms with Gasteiger partial charge in [0.1, 0.15) is 23.5 Å². The van der Waals surface area contributed by atoms with Crippen molar-refractivity contribution in [1.29, 1.82) is 5.26 Å². The summed E-state index contributed by atoms with van der Waals surface area (Å²) in [5.74, 6) is -0.569. The van der Waals surface area contributed by atoms with E-state index in [1.54, 1.807) is 31.7 Å². The summed E-state index contributed by atoms with van der Waals surface area (Å²) in [5.41, 5.74) is 1.54. The Hall–Kier alpha value is -2.70. The van der Waals surface area contributed by atoms with Crippen LogP contribution in [0.1, 0.15) is 63.1 Å². The van der Waals surface area contributed by atoms with Crippen molar-refractivity contribution < 1.29 is 23.5 Å². The zero-order valence-corrected chi connectivity index (χ0v) is 22.7. The van der Waals surface area contributed by atoms with Gasteiger partial charge < -0.3 is 14.8 Å². The standard InChI is InChI=1S/C29H39FN4O4/c1-29(2,3)38-28(36)34-23-7-6-20(16-23)26(34)27(35)32-21(17-31)14-19-5-4-18-15-22(8-9-24(18)25(19)30)33-10-12-37-13-11-33/h4-5,20-23,26H,6-16H2,1-3H3,(H,32,35)/t20-,21-,22?,23+,26-/m0/s1. The Bertz CT molecular complexity index is 1110. The molecule has 1 saturated carbocycles. The van der Waals surface area contributed by atoms with Gasteiger partial charge in [0, 0.05) is 31.6 Å². The number of hydrogen-bond donors (Lipinski definition) is 1. The topological polar surface area (TPSA) is 94.9 Å². The molecule has 2 aliphatic heterocycles. The highest BCUT2D eigenvalue weighted by atomic mass is 19.1. The van der Waals surface area contributed by atoms with Crippen molar-refractivity contribution in [3.8, 4) is 6.07 Å². The summed E-state index contributed by atoms with van der Waals surface area (Å²) >= 11 is 0. The summed E-state index contributed by atoms with van der Waals surface area (Å²) < 4.78 is 26.6. The fourth-order valence-electron chi connectivity index (χ4n) is 6.76. The normalized spacial score (nSPS) is 27.9. The molecule has 5 rings (SSSR count). The van der Waals surface area contributed by atoms with Crippen molar-refractivity contribution >= 4 is 12.0 Å². The number of amides is 2. The van der Waals surface area contributed by atoms with E-state index in [1.807, 2.05) is 6.07 Å². The van der Waals surface area contributed by atoms with Crippen molar-refractivity contribution in [1.82, 2.24) is 15.1 Å². The molecule has 8 nitrogen and oxygen atoms in total. The molecule has 2 amide bonds. The van der Waals surface area contributed by atoms with Gasteiger partial charge in [0.2, 0.25) is 5.91 Å². The van der Waals surface area contributed by atoms with Gasteiger partial charge in [-0.1, -0.05) is 12.1 Å². The number of ether oxygens (including phenoxy) is 2. The largest absolute Gasteiger partial charge is 0.444 e. The lowest BCUT2D eigenvalue weighted by molar-refractivity contribution is -0.128. The minimum absolute atomic E-state index is 0.0227. The number of nitrogens with one attached hydrogen (secondary N) is 1. The van der Waals surface area contributed by atoms with Gasteiger partial charge in [-0.3, -0.25) is 14.6 Å². The number of nitrogens with zero attached hydrogens (tertiary/aromatic N) is 3. The zero-order chi connectivity index (χ0) is 27.0. The van der Waals surface area contributed by atoms with E-state index in [9.17, 15) is 14.9 Å². The van der Waals surface area contributed by atoms with E-state index in [0.29, 0.717) is 18.0 Å². The first kappa shape index (κ1) is 26.9. The third-order valence-corrected chi connectivity index (χ3v) is 8.52. The third kappa shape index (κ3) is 5.52. The molecule has 0 spiro atoms. The van der Waals surface area contributed by atoms with E-state index >= 15 is 4.39 Å². The Kier molecular flexibility index (Phi) is 7.65. The predicted octanol–water partition coefficient (Wildman–Crippen LogP) is 3.35. The van der Waals surface area contributed by atoms with Crippen molar-refractivity contribution in [2.75, 3.05) is 26.3 Å². The van der Waals surface area contributed by atoms with Crippen LogP contribution in [-0.4, -0.2) is 77.9 Å². The van der Waals surface area contributed by atoms with E-state index in [0.717, 1.165) is 69.5 Å². The Labute approximate surface area is 224 Å². The molecule has 2 saturated heterocycles. The molecule has 4 aliphatic rings. The van der Waals surface area contributed by atoms with Crippen LogP contribution in [0, 0.1) is 23.1 Å². The van der Waals surface area contributed by atoms with Gasteiger partial charge in [-0.2, -0.15) is 5.26 Å². The second kappa shape index (κ2) is 10.8. The first-order chi connectivity index (χ1) is 18.1. The van der Waals surface area contributed by atoms with Crippen LogP contribution >= 0.6 is 0 Å². The van der Waals surface area contributed by atoms with Gasteiger partial charge in [0.25, 0.3) is 0 Å². The molecule has 0 aromatic heterocycles. The molecule has 1 aromatic rings. The minimum Gasteiger partial charge on any atom is -0.444 e. The molecule has 9 heteroatoms. The van der Waals surface area contributed by atoms with Crippen molar-refractivity contribution in [3.63, 3.8) is 0 Å². The molecule has 1 unspecified atom stereocenters. The SMILES string of the molecule is CC(C)(C)OC(=O)N1[C@@H]2CC[C@@H](C2)[C@H]1C(=O)N[C@H](C#N)Cc1ccc2c(c1F)CCC(N1CCOCC1)C2. The maximum absolute atomic E-state index is 15.6. The first-order valence-corrected chi connectivity index (χ1v) is 14.0. The Morgan fingerprint density at radius 3 is 2.68 bits per heavy atom. The Balaban J connectivity index is 1.25. The number of halogens is 1. The monoisotopic (exact) mass is 526 g/mol. The highest BCUT2D eigenvalue weighted by molar-refractivity contribution is 5.87. The molecule has 2 bridgehead atoms. The average molecular weight is 527 g/mol. The van der Waals surface area contributed by atoms with Crippen molar-refractivity contribution in [2.45, 2.75) is 95.5 Å². The van der Waals surface area contributed by atoms with Crippen LogP contribution in [0.4, 0.5) is 9.18 Å². The lowest BCUT2D eigenvalue weighted by Crippen LogP contribution is -2.55. The highest BCUT2D eigenvalue weighted by Gasteiger charge is 2.52. The molecular weight excluding hydrogens is 487 g/mol. The molecule has 2 aliphatic carbocycles. The van der Waals surface area contributed by atoms with Gasteiger partial charge in [-0.15, -0.1) is 0 Å². The van der Waals surface area contributed by atoms with Crippen LogP contribution in [0.15, 0.2) is 12.1 Å². The summed E-state index contributed by atoms with van der Waals surface area (Å²) in [7, 11) is 0. The van der Waals surface area contributed by atoms with Gasteiger partial charge in [-0.25, -0.2) is 9.18 Å². The van der Waals surface area contributed by atoms with Crippen LogP contribution in [0.25, 0.3) is 0 Å². The number of benzene rings is 1. The maximum atomic E-state index is 15.6. The fraction of sp³-hybridized carbons (Fsp3) is 0.690. The third-order valence-electron chi connectivity index (χ3n) is 8.52. The number of piperidine rings is 1. The average Bonchev–Trinajstić information content (AvgIpc) is 3.51. The van der Waals surface area contributed by atoms with Crippen LogP contribution in [0.2, 0.25) is 0 Å². The van der Waals surface area contributed by atoms with E-state index in [4.69, 9.17) is 9.47 Å². The summed E-state index contributed by atoms with van der Waals surface area (Å²) in [6.07, 6.45) is 4.45. The molecule has 3 fully saturated rings. The number of hydrogen-bond acceptors (Lipinski definition) is 6. The minimum atomic E-state index is -0.889. The molecule has 0 radical (unpaired) electrons. The van der Waals surface area contributed by atoms with Crippen molar-refractivity contribution in [2.24, 2.45) is 5.92 Å². The van der Waals surface area contributed by atoms with Gasteiger partial charge in [0.05, 0.1) is 19.3 Å². The van der Waals surface area contributed by atoms with E-state index in [2.05, 4.69) is 16.3 Å². The second-order valence-electron chi connectivity index (χ2n) is 12.2. The quantitative estimate of drug-likeness (QED) is 0.632. The van der Waals surface area contributed by atoms with Crippen LogP contribution in [-0.2, 0) is 33.5 Å². The molecule has 38 heavy (non-hydrogen) atoms. The molecule has 206 valence electrons. The lowest BCUT2D eigenvalue weighted by atomic mass is 9.85. The van der Waals surface area contributed by atoms with Gasteiger partial charge in [0.15, 0.2) is 0 Å². The van der Waals surface area contributed by atoms with Crippen LogP contribution in [0.5, 0.6) is 0 Å². The van der Waals surface area contributed by atoms with Crippen molar-refractivity contribution in [3.05, 3.63) is 34.6 Å². The van der Waals surface area contributed by atoms with Gasteiger partial charge in [-0.05, 0) is 81.9 Å². The fourth-order valence-corrected chi connectivity index (χ4v) is 6.76. The van der Waals surface area contributed by atoms with Crippen LogP contribution in [0.3, 0.4) is 0 Å². The Morgan fingerprint density at radius 1 is 1.21 bits per heavy atom. The number of fused-ring (bicyclic) bond motifs is 3. The van der Waals surface area contributed by atoms with E-state index in [1.165, 1.54) is 0 Å². The van der Waals surface area contributed by atoms with Gasteiger partial charge >= 0.3 is 6.09 Å². The zero-order valence-electron chi connectivity index (χ0n) is 22.7. The molecule has 1 N–H and O–H groups in total. The number of carbonyl (C=O) groups excluding carboxylic acids is 2. The predicted molar refractivity (Wildman–Crippen MR) is 139 cm³/mol. The lowest BCUT2D eigenvalue weighted by Gasteiger charge is -2.37. The molecule has 1 aromatic carbocycles. The number of nitriles is 1. The summed E-state index contributed by atoms with van der Waals surface area (Å²) in [6.45, 7) is 8.73. The summed E-state index contributed by atoms with van der Waals surface area (Å²) in [4.78, 5) is 30.3. The second-order valence-corrected chi connectivity index (χ2v) is 12.2. The van der Waals surface area contributed by atoms with Crippen LogP contribution < -0.4 is 5.32 Å². The number of morpholine rings is 1. The number of likely N-dealkylation sites (tertiary alicyclic amines) is 1. The molecule has 2 heterocycles. The highest BCUT2D eigenvalue weighted by Crippen LogP contribution is 2.43. The first-order valence-electron chi connectivity index (χ1n) is 14.0. The maximum Gasteiger partial charge on any atom is 0.411 e. The number of rotatable bonds is 5. The molecular formula is C29H39FN4O4. The smallest absolute Gasteiger partial charge is 0.411 e. The molecule has 5 atom stereocenters.